The van der Waals surface area contributed by atoms with Crippen LogP contribution in [-0.4, -0.2) is 18.6 Å². The van der Waals surface area contributed by atoms with E-state index < -0.39 is 6.36 Å². The van der Waals surface area contributed by atoms with Gasteiger partial charge >= 0.3 is 0 Å². The molecule has 0 fully saturated rings. The van der Waals surface area contributed by atoms with E-state index in [9.17, 15) is 4.39 Å². The van der Waals surface area contributed by atoms with Crippen LogP contribution >= 0.6 is 0 Å². The summed E-state index contributed by atoms with van der Waals surface area (Å²) in [5.74, 6) is 0.802. The number of ether oxygens (including phenoxy) is 1. The fourth-order valence-electron chi connectivity index (χ4n) is 1.83. The molecule has 0 heterocycles. The molecular formula is C15H15FO2. The third-order valence-corrected chi connectivity index (χ3v) is 2.76. The van der Waals surface area contributed by atoms with Crippen LogP contribution in [0.3, 0.4) is 0 Å². The maximum absolute atomic E-state index is 12.4. The van der Waals surface area contributed by atoms with Gasteiger partial charge in [-0.15, -0.1) is 0 Å². The minimum atomic E-state index is -1.80. The topological polar surface area (TPSA) is 29.5 Å². The number of halogens is 1. The van der Waals surface area contributed by atoms with Gasteiger partial charge in [-0.3, -0.25) is 0 Å². The highest BCUT2D eigenvalue weighted by Gasteiger charge is 2.03. The molecular weight excluding hydrogens is 231 g/mol. The molecule has 0 amide bonds. The number of methoxy groups -OCH3 is 1. The number of hydrogen-bond acceptors (Lipinski definition) is 2. The first-order chi connectivity index (χ1) is 8.69. The fourth-order valence-corrected chi connectivity index (χ4v) is 1.83. The first-order valence-corrected chi connectivity index (χ1v) is 5.74. The average molecular weight is 246 g/mol. The molecule has 1 unspecified atom stereocenters. The molecule has 3 heteroatoms. The normalized spacial score (nSPS) is 12.2. The highest BCUT2D eigenvalue weighted by Crippen LogP contribution is 2.24. The molecule has 2 aromatic carbocycles. The zero-order valence-corrected chi connectivity index (χ0v) is 10.1. The van der Waals surface area contributed by atoms with Crippen LogP contribution in [0.1, 0.15) is 5.56 Å². The summed E-state index contributed by atoms with van der Waals surface area (Å²) in [4.78, 5) is 0. The van der Waals surface area contributed by atoms with Crippen molar-refractivity contribution in [2.75, 3.05) is 7.11 Å². The summed E-state index contributed by atoms with van der Waals surface area (Å²) >= 11 is 0. The van der Waals surface area contributed by atoms with Gasteiger partial charge in [-0.2, -0.15) is 0 Å². The Labute approximate surface area is 106 Å². The standard InChI is InChI=1S/C15H15FO2/c1-18-14-4-2-3-13(10-14)12-7-5-11(6-8-12)9-15(16)17/h2-8,10,15,17H,9H2,1H3. The molecule has 0 radical (unpaired) electrons. The van der Waals surface area contributed by atoms with Gasteiger partial charge in [0, 0.05) is 6.42 Å². The van der Waals surface area contributed by atoms with Crippen LogP contribution in [0.4, 0.5) is 4.39 Å². The van der Waals surface area contributed by atoms with Crippen molar-refractivity contribution in [1.82, 2.24) is 0 Å². The minimum absolute atomic E-state index is 0.0262. The van der Waals surface area contributed by atoms with Crippen LogP contribution < -0.4 is 4.74 Å². The summed E-state index contributed by atoms with van der Waals surface area (Å²) in [6.07, 6.45) is -1.77. The van der Waals surface area contributed by atoms with Gasteiger partial charge in [-0.05, 0) is 28.8 Å². The van der Waals surface area contributed by atoms with Crippen molar-refractivity contribution in [1.29, 1.82) is 0 Å². The highest BCUT2D eigenvalue weighted by atomic mass is 19.1. The van der Waals surface area contributed by atoms with Gasteiger partial charge in [0.2, 0.25) is 0 Å². The molecule has 1 atom stereocenters. The maximum Gasteiger partial charge on any atom is 0.200 e. The second-order valence-corrected chi connectivity index (χ2v) is 4.07. The summed E-state index contributed by atoms with van der Waals surface area (Å²) < 4.78 is 17.6. The Hall–Kier alpha value is -1.87. The van der Waals surface area contributed by atoms with Gasteiger partial charge < -0.3 is 9.84 Å². The Balaban J connectivity index is 2.22. The summed E-state index contributed by atoms with van der Waals surface area (Å²) in [6.45, 7) is 0. The van der Waals surface area contributed by atoms with Crippen molar-refractivity contribution in [2.24, 2.45) is 0 Å². The zero-order chi connectivity index (χ0) is 13.0. The Morgan fingerprint density at radius 3 is 2.44 bits per heavy atom. The van der Waals surface area contributed by atoms with Gasteiger partial charge in [-0.25, -0.2) is 4.39 Å². The Morgan fingerprint density at radius 1 is 1.11 bits per heavy atom. The highest BCUT2D eigenvalue weighted by molar-refractivity contribution is 5.65. The van der Waals surface area contributed by atoms with Crippen LogP contribution in [0.2, 0.25) is 0 Å². The first-order valence-electron chi connectivity index (χ1n) is 5.74. The molecule has 0 saturated heterocycles. The summed E-state index contributed by atoms with van der Waals surface area (Å²) in [5.41, 5.74) is 2.85. The van der Waals surface area contributed by atoms with Crippen molar-refractivity contribution in [3.05, 3.63) is 54.1 Å². The van der Waals surface area contributed by atoms with Gasteiger partial charge in [0.05, 0.1) is 7.11 Å². The van der Waals surface area contributed by atoms with Crippen molar-refractivity contribution in [3.8, 4) is 16.9 Å². The molecule has 1 N–H and O–H groups in total. The van der Waals surface area contributed by atoms with Gasteiger partial charge in [-0.1, -0.05) is 36.4 Å². The summed E-state index contributed by atoms with van der Waals surface area (Å²) in [5, 5.41) is 8.68. The van der Waals surface area contributed by atoms with E-state index >= 15 is 0 Å². The lowest BCUT2D eigenvalue weighted by atomic mass is 10.0. The third kappa shape index (κ3) is 3.08. The predicted molar refractivity (Wildman–Crippen MR) is 69.2 cm³/mol. The van der Waals surface area contributed by atoms with Crippen LogP contribution in [0.5, 0.6) is 5.75 Å². The van der Waals surface area contributed by atoms with E-state index in [1.54, 1.807) is 7.11 Å². The molecule has 0 aliphatic rings. The van der Waals surface area contributed by atoms with E-state index in [0.29, 0.717) is 0 Å². The lowest BCUT2D eigenvalue weighted by Gasteiger charge is -2.06. The number of aliphatic hydroxyl groups excluding tert-OH is 1. The number of rotatable bonds is 4. The molecule has 0 aromatic heterocycles. The average Bonchev–Trinajstić information content (AvgIpc) is 2.39. The molecule has 2 aromatic rings. The molecule has 0 aliphatic heterocycles. The molecule has 2 nitrogen and oxygen atoms in total. The lowest BCUT2D eigenvalue weighted by Crippen LogP contribution is -2.01. The molecule has 2 rings (SSSR count). The lowest BCUT2D eigenvalue weighted by molar-refractivity contribution is 0.0430. The largest absolute Gasteiger partial charge is 0.497 e. The fraction of sp³-hybridized carbons (Fsp3) is 0.200. The second kappa shape index (κ2) is 5.65. The number of hydrogen-bond donors (Lipinski definition) is 1. The summed E-state index contributed by atoms with van der Waals surface area (Å²) in [6, 6.07) is 15.2. The Morgan fingerprint density at radius 2 is 1.83 bits per heavy atom. The van der Waals surface area contributed by atoms with E-state index in [1.807, 2.05) is 48.5 Å². The Kier molecular flexibility index (Phi) is 3.95. The SMILES string of the molecule is COc1cccc(-c2ccc(CC(O)F)cc2)c1. The van der Waals surface area contributed by atoms with Crippen molar-refractivity contribution >= 4 is 0 Å². The van der Waals surface area contributed by atoms with Gasteiger partial charge in [0.15, 0.2) is 6.36 Å². The van der Waals surface area contributed by atoms with Crippen LogP contribution in [-0.2, 0) is 6.42 Å². The molecule has 0 aliphatic carbocycles. The molecule has 18 heavy (non-hydrogen) atoms. The van der Waals surface area contributed by atoms with Crippen LogP contribution in [0.15, 0.2) is 48.5 Å². The smallest absolute Gasteiger partial charge is 0.200 e. The Bertz CT molecular complexity index is 506. The number of alkyl halides is 1. The van der Waals surface area contributed by atoms with Crippen LogP contribution in [0.25, 0.3) is 11.1 Å². The number of benzene rings is 2. The van der Waals surface area contributed by atoms with Crippen LogP contribution in [0, 0.1) is 0 Å². The van der Waals surface area contributed by atoms with E-state index in [0.717, 1.165) is 22.4 Å². The predicted octanol–water partition coefficient (Wildman–Crippen LogP) is 3.19. The molecule has 0 saturated carbocycles. The third-order valence-electron chi connectivity index (χ3n) is 2.76. The van der Waals surface area contributed by atoms with E-state index in [1.165, 1.54) is 0 Å². The van der Waals surface area contributed by atoms with Crippen molar-refractivity contribution in [2.45, 2.75) is 12.8 Å². The van der Waals surface area contributed by atoms with Gasteiger partial charge in [0.25, 0.3) is 0 Å². The monoisotopic (exact) mass is 246 g/mol. The molecule has 0 bridgehead atoms. The molecule has 0 spiro atoms. The maximum atomic E-state index is 12.4. The number of aliphatic hydroxyl groups is 1. The molecule has 94 valence electrons. The second-order valence-electron chi connectivity index (χ2n) is 4.07. The van der Waals surface area contributed by atoms with Crippen molar-refractivity contribution in [3.63, 3.8) is 0 Å². The quantitative estimate of drug-likeness (QED) is 0.897. The van der Waals surface area contributed by atoms with E-state index in [-0.39, 0.29) is 6.42 Å². The zero-order valence-electron chi connectivity index (χ0n) is 10.1. The van der Waals surface area contributed by atoms with E-state index in [4.69, 9.17) is 9.84 Å². The van der Waals surface area contributed by atoms with Gasteiger partial charge in [0.1, 0.15) is 5.75 Å². The van der Waals surface area contributed by atoms with Crippen molar-refractivity contribution < 1.29 is 14.2 Å². The first kappa shape index (κ1) is 12.6. The minimum Gasteiger partial charge on any atom is -0.497 e. The van der Waals surface area contributed by atoms with E-state index in [2.05, 4.69) is 0 Å². The summed E-state index contributed by atoms with van der Waals surface area (Å²) in [7, 11) is 1.63.